The van der Waals surface area contributed by atoms with Crippen molar-refractivity contribution >= 4 is 15.8 Å². The van der Waals surface area contributed by atoms with Crippen LogP contribution in [0.1, 0.15) is 24.1 Å². The molecule has 23 heavy (non-hydrogen) atoms. The maximum Gasteiger partial charge on any atom is 0.433 e. The fourth-order valence-electron chi connectivity index (χ4n) is 1.77. The predicted molar refractivity (Wildman–Crippen MR) is 76.2 cm³/mol. The minimum absolute atomic E-state index is 0.0502. The highest BCUT2D eigenvalue weighted by molar-refractivity contribution is 7.92. The van der Waals surface area contributed by atoms with Crippen LogP contribution in [0.4, 0.5) is 19.0 Å². The smallest absolute Gasteiger partial charge is 0.263 e. The summed E-state index contributed by atoms with van der Waals surface area (Å²) >= 11 is 0. The lowest BCUT2D eigenvalue weighted by molar-refractivity contribution is -0.141. The summed E-state index contributed by atoms with van der Waals surface area (Å²) in [7, 11) is -4.09. The van der Waals surface area contributed by atoms with Crippen LogP contribution in [0.5, 0.6) is 0 Å². The van der Waals surface area contributed by atoms with Crippen molar-refractivity contribution in [1.29, 1.82) is 0 Å². The molecule has 0 spiro atoms. The summed E-state index contributed by atoms with van der Waals surface area (Å²) in [6.45, 7) is 3.45. The van der Waals surface area contributed by atoms with Gasteiger partial charge in [0.15, 0.2) is 0 Å². The minimum atomic E-state index is -4.63. The Labute approximate surface area is 130 Å². The Bertz CT molecular complexity index is 805. The Kier molecular flexibility index (Phi) is 4.55. The second-order valence-electron chi connectivity index (χ2n) is 4.63. The van der Waals surface area contributed by atoms with E-state index in [1.165, 1.54) is 6.07 Å². The molecule has 2 aromatic heterocycles. The van der Waals surface area contributed by atoms with E-state index in [2.05, 4.69) is 19.7 Å². The maximum atomic E-state index is 12.4. The Balaban J connectivity index is 2.30. The van der Waals surface area contributed by atoms with E-state index < -0.39 is 21.9 Å². The highest BCUT2D eigenvalue weighted by Gasteiger charge is 2.32. The van der Waals surface area contributed by atoms with Crippen LogP contribution >= 0.6 is 0 Å². The van der Waals surface area contributed by atoms with E-state index in [0.29, 0.717) is 30.2 Å². The SMILES string of the molecule is CCc1cc(NS(=O)(=O)c2ccc(C(F)(F)F)nc2)nc(C)n1. The molecule has 0 fully saturated rings. The van der Waals surface area contributed by atoms with Crippen LogP contribution in [0.2, 0.25) is 0 Å². The standard InChI is InChI=1S/C13H13F3N4O2S/c1-3-9-6-12(19-8(2)18-9)20-23(21,22)10-4-5-11(17-7-10)13(14,15)16/h4-7H,3H2,1-2H3,(H,18,19,20). The number of aryl methyl sites for hydroxylation is 2. The third-order valence-corrected chi connectivity index (χ3v) is 4.17. The summed E-state index contributed by atoms with van der Waals surface area (Å²) in [6.07, 6.45) is -3.39. The average molecular weight is 346 g/mol. The third kappa shape index (κ3) is 4.15. The monoisotopic (exact) mass is 346 g/mol. The van der Waals surface area contributed by atoms with Crippen molar-refractivity contribution in [1.82, 2.24) is 15.0 Å². The van der Waals surface area contributed by atoms with Gasteiger partial charge in [0.1, 0.15) is 22.2 Å². The van der Waals surface area contributed by atoms with Crippen LogP contribution in [0, 0.1) is 6.92 Å². The number of nitrogens with zero attached hydrogens (tertiary/aromatic N) is 3. The van der Waals surface area contributed by atoms with Gasteiger partial charge in [-0.15, -0.1) is 0 Å². The highest BCUT2D eigenvalue weighted by atomic mass is 32.2. The molecule has 2 rings (SSSR count). The van der Waals surface area contributed by atoms with Crippen LogP contribution in [-0.2, 0) is 22.6 Å². The maximum absolute atomic E-state index is 12.4. The van der Waals surface area contributed by atoms with Gasteiger partial charge in [-0.1, -0.05) is 6.92 Å². The topological polar surface area (TPSA) is 84.8 Å². The lowest BCUT2D eigenvalue weighted by Crippen LogP contribution is -2.16. The molecule has 0 amide bonds. The number of aromatic nitrogens is 3. The van der Waals surface area contributed by atoms with Crippen LogP contribution in [0.3, 0.4) is 0 Å². The number of hydrogen-bond donors (Lipinski definition) is 1. The first-order chi connectivity index (χ1) is 10.6. The molecule has 2 aromatic rings. The van der Waals surface area contributed by atoms with Crippen molar-refractivity contribution in [2.24, 2.45) is 0 Å². The van der Waals surface area contributed by atoms with E-state index in [0.717, 1.165) is 6.07 Å². The molecule has 0 aliphatic rings. The molecule has 0 unspecified atom stereocenters. The number of pyridine rings is 1. The summed E-state index contributed by atoms with van der Waals surface area (Å²) in [5, 5.41) is 0. The number of hydrogen-bond acceptors (Lipinski definition) is 5. The summed E-state index contributed by atoms with van der Waals surface area (Å²) in [6, 6.07) is 2.91. The number of rotatable bonds is 4. The molecule has 2 heterocycles. The zero-order chi connectivity index (χ0) is 17.3. The van der Waals surface area contributed by atoms with Gasteiger partial charge in [0.25, 0.3) is 10.0 Å². The highest BCUT2D eigenvalue weighted by Crippen LogP contribution is 2.28. The summed E-state index contributed by atoms with van der Waals surface area (Å²) in [5.74, 6) is 0.432. The summed E-state index contributed by atoms with van der Waals surface area (Å²) in [4.78, 5) is 10.8. The normalized spacial score (nSPS) is 12.2. The van der Waals surface area contributed by atoms with Crippen molar-refractivity contribution in [3.63, 3.8) is 0 Å². The first-order valence-electron chi connectivity index (χ1n) is 6.52. The zero-order valence-electron chi connectivity index (χ0n) is 12.2. The first-order valence-corrected chi connectivity index (χ1v) is 8.01. The van der Waals surface area contributed by atoms with Gasteiger partial charge in [-0.3, -0.25) is 9.71 Å². The van der Waals surface area contributed by atoms with Gasteiger partial charge in [0, 0.05) is 18.0 Å². The largest absolute Gasteiger partial charge is 0.433 e. The van der Waals surface area contributed by atoms with Gasteiger partial charge >= 0.3 is 6.18 Å². The van der Waals surface area contributed by atoms with Gasteiger partial charge in [-0.25, -0.2) is 18.4 Å². The van der Waals surface area contributed by atoms with Crippen molar-refractivity contribution < 1.29 is 21.6 Å². The minimum Gasteiger partial charge on any atom is -0.263 e. The van der Waals surface area contributed by atoms with Gasteiger partial charge in [0.05, 0.1) is 0 Å². The van der Waals surface area contributed by atoms with E-state index in [1.807, 2.05) is 6.92 Å². The van der Waals surface area contributed by atoms with Crippen LogP contribution in [0.15, 0.2) is 29.3 Å². The van der Waals surface area contributed by atoms with E-state index in [9.17, 15) is 21.6 Å². The Morgan fingerprint density at radius 2 is 1.91 bits per heavy atom. The lowest BCUT2D eigenvalue weighted by Gasteiger charge is -2.10. The van der Waals surface area contributed by atoms with E-state index in [-0.39, 0.29) is 10.7 Å². The molecule has 124 valence electrons. The van der Waals surface area contributed by atoms with Crippen LogP contribution < -0.4 is 4.72 Å². The number of anilines is 1. The summed E-state index contributed by atoms with van der Waals surface area (Å²) < 4.78 is 63.9. The predicted octanol–water partition coefficient (Wildman–Crippen LogP) is 2.56. The fraction of sp³-hybridized carbons (Fsp3) is 0.308. The molecule has 0 aliphatic heterocycles. The first kappa shape index (κ1) is 17.1. The van der Waals surface area contributed by atoms with E-state index in [4.69, 9.17) is 0 Å². The quantitative estimate of drug-likeness (QED) is 0.920. The molecule has 0 radical (unpaired) electrons. The van der Waals surface area contributed by atoms with Crippen molar-refractivity contribution in [3.05, 3.63) is 41.6 Å². The third-order valence-electron chi connectivity index (χ3n) is 2.83. The molecule has 0 aromatic carbocycles. The summed E-state index contributed by atoms with van der Waals surface area (Å²) in [5.41, 5.74) is -0.525. The average Bonchev–Trinajstić information content (AvgIpc) is 2.45. The lowest BCUT2D eigenvalue weighted by atomic mass is 10.3. The molecular weight excluding hydrogens is 333 g/mol. The molecule has 1 N–H and O–H groups in total. The Morgan fingerprint density at radius 3 is 2.43 bits per heavy atom. The van der Waals surface area contributed by atoms with Gasteiger partial charge in [0.2, 0.25) is 0 Å². The van der Waals surface area contributed by atoms with E-state index >= 15 is 0 Å². The number of halogens is 3. The number of sulfonamides is 1. The van der Waals surface area contributed by atoms with Crippen LogP contribution in [-0.4, -0.2) is 23.4 Å². The molecule has 0 atom stereocenters. The Hall–Kier alpha value is -2.23. The second kappa shape index (κ2) is 6.11. The molecular formula is C13H13F3N4O2S. The van der Waals surface area contributed by atoms with Crippen molar-refractivity contribution in [3.8, 4) is 0 Å². The van der Waals surface area contributed by atoms with Gasteiger partial charge in [-0.2, -0.15) is 13.2 Å². The molecule has 6 nitrogen and oxygen atoms in total. The molecule has 0 bridgehead atoms. The molecule has 10 heteroatoms. The second-order valence-corrected chi connectivity index (χ2v) is 6.31. The van der Waals surface area contributed by atoms with Gasteiger partial charge < -0.3 is 0 Å². The molecule has 0 saturated heterocycles. The van der Waals surface area contributed by atoms with Gasteiger partial charge in [-0.05, 0) is 25.5 Å². The number of nitrogens with one attached hydrogen (secondary N) is 1. The number of alkyl halides is 3. The van der Waals surface area contributed by atoms with Crippen molar-refractivity contribution in [2.75, 3.05) is 4.72 Å². The molecule has 0 aliphatic carbocycles. The Morgan fingerprint density at radius 1 is 1.22 bits per heavy atom. The zero-order valence-corrected chi connectivity index (χ0v) is 13.0. The van der Waals surface area contributed by atoms with Crippen LogP contribution in [0.25, 0.3) is 0 Å². The van der Waals surface area contributed by atoms with Crippen molar-refractivity contribution in [2.45, 2.75) is 31.3 Å². The fourth-order valence-corrected chi connectivity index (χ4v) is 2.70. The van der Waals surface area contributed by atoms with E-state index in [1.54, 1.807) is 6.92 Å². The molecule has 0 saturated carbocycles.